The number of para-hydroxylation sites is 1. The highest BCUT2D eigenvalue weighted by Crippen LogP contribution is 2.23. The molecule has 5 nitrogen and oxygen atoms in total. The molecule has 1 amide bonds. The molecule has 2 heterocycles. The predicted molar refractivity (Wildman–Crippen MR) is 76.5 cm³/mol. The quantitative estimate of drug-likeness (QED) is 0.921. The fraction of sp³-hybridized carbons (Fsp3) is 0.333. The van der Waals surface area contributed by atoms with E-state index in [-0.39, 0.29) is 13.0 Å². The lowest BCUT2D eigenvalue weighted by atomic mass is 10.2. The zero-order chi connectivity index (χ0) is 14.8. The van der Waals surface area contributed by atoms with E-state index in [1.165, 1.54) is 0 Å². The number of likely N-dealkylation sites (tertiary alicyclic amines) is 1. The minimum atomic E-state index is -1.01. The molecule has 0 aliphatic carbocycles. The van der Waals surface area contributed by atoms with Crippen molar-refractivity contribution < 1.29 is 9.18 Å². The van der Waals surface area contributed by atoms with E-state index in [4.69, 9.17) is 5.73 Å². The van der Waals surface area contributed by atoms with Gasteiger partial charge in [0.15, 0.2) is 0 Å². The van der Waals surface area contributed by atoms with Gasteiger partial charge in [-0.2, -0.15) is 0 Å². The molecule has 1 saturated heterocycles. The molecule has 2 aromatic rings. The molecule has 0 saturated carbocycles. The SMILES string of the molecule is NC(=O)[C@@H]1C[C@@H](F)CN1Cc1nccn1-c1ccccc1. The number of nitrogens with two attached hydrogens (primary N) is 1. The molecule has 1 aromatic heterocycles. The number of carbonyl (C=O) groups is 1. The van der Waals surface area contributed by atoms with Crippen LogP contribution in [0.3, 0.4) is 0 Å². The molecule has 0 bridgehead atoms. The van der Waals surface area contributed by atoms with Crippen molar-refractivity contribution in [1.82, 2.24) is 14.5 Å². The molecule has 2 N–H and O–H groups in total. The molecular formula is C15H17FN4O. The Bertz CT molecular complexity index is 628. The minimum absolute atomic E-state index is 0.168. The molecule has 0 radical (unpaired) electrons. The molecule has 0 unspecified atom stereocenters. The van der Waals surface area contributed by atoms with E-state index in [1.54, 1.807) is 11.1 Å². The number of alkyl halides is 1. The van der Waals surface area contributed by atoms with Gasteiger partial charge in [0.1, 0.15) is 12.0 Å². The molecular weight excluding hydrogens is 271 g/mol. The highest BCUT2D eigenvalue weighted by molar-refractivity contribution is 5.80. The van der Waals surface area contributed by atoms with Gasteiger partial charge in [0.2, 0.25) is 5.91 Å². The lowest BCUT2D eigenvalue weighted by Crippen LogP contribution is -2.40. The first-order chi connectivity index (χ1) is 10.1. The molecule has 3 rings (SSSR count). The van der Waals surface area contributed by atoms with Crippen LogP contribution in [0.1, 0.15) is 12.2 Å². The van der Waals surface area contributed by atoms with Gasteiger partial charge in [0.05, 0.1) is 12.6 Å². The maximum Gasteiger partial charge on any atom is 0.234 e. The van der Waals surface area contributed by atoms with Gasteiger partial charge >= 0.3 is 0 Å². The number of hydrogen-bond acceptors (Lipinski definition) is 3. The smallest absolute Gasteiger partial charge is 0.234 e. The van der Waals surface area contributed by atoms with Crippen molar-refractivity contribution >= 4 is 5.91 Å². The highest BCUT2D eigenvalue weighted by Gasteiger charge is 2.36. The molecule has 2 atom stereocenters. The van der Waals surface area contributed by atoms with E-state index in [9.17, 15) is 9.18 Å². The van der Waals surface area contributed by atoms with Crippen molar-refractivity contribution in [3.05, 3.63) is 48.5 Å². The van der Waals surface area contributed by atoms with Crippen molar-refractivity contribution in [2.45, 2.75) is 25.2 Å². The fourth-order valence-electron chi connectivity index (χ4n) is 2.78. The number of carbonyl (C=O) groups excluding carboxylic acids is 1. The molecule has 0 spiro atoms. The summed E-state index contributed by atoms with van der Waals surface area (Å²) in [5.74, 6) is 0.287. The number of imidazole rings is 1. The minimum Gasteiger partial charge on any atom is -0.368 e. The van der Waals surface area contributed by atoms with Gasteiger partial charge in [-0.1, -0.05) is 18.2 Å². The third-order valence-electron chi connectivity index (χ3n) is 3.78. The van der Waals surface area contributed by atoms with Gasteiger partial charge < -0.3 is 10.3 Å². The molecule has 1 aliphatic heterocycles. The Labute approximate surface area is 122 Å². The number of hydrogen-bond donors (Lipinski definition) is 1. The van der Waals surface area contributed by atoms with Gasteiger partial charge in [-0.05, 0) is 12.1 Å². The zero-order valence-electron chi connectivity index (χ0n) is 11.5. The van der Waals surface area contributed by atoms with E-state index >= 15 is 0 Å². The third kappa shape index (κ3) is 2.80. The Morgan fingerprint density at radius 2 is 2.14 bits per heavy atom. The summed E-state index contributed by atoms with van der Waals surface area (Å²) in [5, 5.41) is 0. The highest BCUT2D eigenvalue weighted by atomic mass is 19.1. The molecule has 1 aliphatic rings. The summed E-state index contributed by atoms with van der Waals surface area (Å²) in [4.78, 5) is 17.5. The van der Waals surface area contributed by atoms with Gasteiger partial charge in [-0.3, -0.25) is 9.69 Å². The Balaban J connectivity index is 1.83. The van der Waals surface area contributed by atoms with Gasteiger partial charge in [-0.15, -0.1) is 0 Å². The van der Waals surface area contributed by atoms with Crippen LogP contribution in [0.5, 0.6) is 0 Å². The number of nitrogens with zero attached hydrogens (tertiary/aromatic N) is 3. The van der Waals surface area contributed by atoms with Crippen molar-refractivity contribution in [1.29, 1.82) is 0 Å². The number of amides is 1. The van der Waals surface area contributed by atoms with Crippen LogP contribution in [-0.2, 0) is 11.3 Å². The van der Waals surface area contributed by atoms with Crippen LogP contribution in [-0.4, -0.2) is 39.1 Å². The molecule has 21 heavy (non-hydrogen) atoms. The number of primary amides is 1. The lowest BCUT2D eigenvalue weighted by Gasteiger charge is -2.21. The van der Waals surface area contributed by atoms with Crippen molar-refractivity contribution in [2.24, 2.45) is 5.73 Å². The molecule has 6 heteroatoms. The Morgan fingerprint density at radius 1 is 1.38 bits per heavy atom. The number of benzene rings is 1. The van der Waals surface area contributed by atoms with E-state index in [2.05, 4.69) is 4.98 Å². The van der Waals surface area contributed by atoms with Gasteiger partial charge in [-0.25, -0.2) is 9.37 Å². The summed E-state index contributed by atoms with van der Waals surface area (Å²) in [6.45, 7) is 0.616. The van der Waals surface area contributed by atoms with Crippen LogP contribution in [0.2, 0.25) is 0 Å². The van der Waals surface area contributed by atoms with E-state index in [0.29, 0.717) is 6.54 Å². The predicted octanol–water partition coefficient (Wildman–Crippen LogP) is 1.27. The summed E-state index contributed by atoms with van der Waals surface area (Å²) in [6, 6.07) is 9.22. The van der Waals surface area contributed by atoms with E-state index in [1.807, 2.05) is 41.1 Å². The van der Waals surface area contributed by atoms with Crippen LogP contribution in [0.15, 0.2) is 42.7 Å². The lowest BCUT2D eigenvalue weighted by molar-refractivity contribution is -0.122. The Kier molecular flexibility index (Phi) is 3.70. The van der Waals surface area contributed by atoms with Gasteiger partial charge in [0.25, 0.3) is 0 Å². The second-order valence-corrected chi connectivity index (χ2v) is 5.23. The van der Waals surface area contributed by atoms with Crippen LogP contribution >= 0.6 is 0 Å². The second kappa shape index (κ2) is 5.65. The van der Waals surface area contributed by atoms with Crippen LogP contribution in [0.25, 0.3) is 5.69 Å². The van der Waals surface area contributed by atoms with E-state index < -0.39 is 18.1 Å². The normalized spacial score (nSPS) is 22.5. The maximum atomic E-state index is 13.6. The Hall–Kier alpha value is -2.21. The molecule has 1 aromatic carbocycles. The first-order valence-electron chi connectivity index (χ1n) is 6.90. The van der Waals surface area contributed by atoms with Crippen LogP contribution in [0.4, 0.5) is 4.39 Å². The Morgan fingerprint density at radius 3 is 2.86 bits per heavy atom. The first kappa shape index (κ1) is 13.8. The fourth-order valence-corrected chi connectivity index (χ4v) is 2.78. The number of rotatable bonds is 4. The standard InChI is InChI=1S/C15H17FN4O/c16-11-8-13(15(17)21)19(9-11)10-14-18-6-7-20(14)12-4-2-1-3-5-12/h1-7,11,13H,8-10H2,(H2,17,21)/t11-,13+/m1/s1. The summed E-state index contributed by atoms with van der Waals surface area (Å²) in [6.07, 6.45) is 2.71. The third-order valence-corrected chi connectivity index (χ3v) is 3.78. The first-order valence-corrected chi connectivity index (χ1v) is 6.90. The van der Waals surface area contributed by atoms with Gasteiger partial charge in [0, 0.05) is 31.0 Å². The molecule has 1 fully saturated rings. The zero-order valence-corrected chi connectivity index (χ0v) is 11.5. The topological polar surface area (TPSA) is 64.2 Å². The number of halogens is 1. The summed E-state index contributed by atoms with van der Waals surface area (Å²) in [7, 11) is 0. The van der Waals surface area contributed by atoms with Crippen molar-refractivity contribution in [2.75, 3.05) is 6.54 Å². The van der Waals surface area contributed by atoms with Crippen LogP contribution < -0.4 is 5.73 Å². The number of aromatic nitrogens is 2. The maximum absolute atomic E-state index is 13.6. The average molecular weight is 288 g/mol. The van der Waals surface area contributed by atoms with Crippen molar-refractivity contribution in [3.8, 4) is 5.69 Å². The second-order valence-electron chi connectivity index (χ2n) is 5.23. The van der Waals surface area contributed by atoms with E-state index in [0.717, 1.165) is 11.5 Å². The largest absolute Gasteiger partial charge is 0.368 e. The van der Waals surface area contributed by atoms with Crippen molar-refractivity contribution in [3.63, 3.8) is 0 Å². The summed E-state index contributed by atoms with van der Waals surface area (Å²) >= 11 is 0. The average Bonchev–Trinajstić information content (AvgIpc) is 3.07. The summed E-state index contributed by atoms with van der Waals surface area (Å²) in [5.41, 5.74) is 6.34. The summed E-state index contributed by atoms with van der Waals surface area (Å²) < 4.78 is 15.5. The monoisotopic (exact) mass is 288 g/mol. The van der Waals surface area contributed by atoms with Crippen LogP contribution in [0, 0.1) is 0 Å². The molecule has 110 valence electrons.